The number of hydrogen-bond donors (Lipinski definition) is 0. The molecule has 1 amide bonds. The largest absolute Gasteiger partial charge is 0.312 e. The zero-order chi connectivity index (χ0) is 19.0. The normalized spacial score (nSPS) is 22.8. The highest BCUT2D eigenvalue weighted by molar-refractivity contribution is 7.89. The maximum absolute atomic E-state index is 13.4. The number of nitrogens with zero attached hydrogens (tertiary/aromatic N) is 3. The van der Waals surface area contributed by atoms with E-state index in [0.717, 1.165) is 17.7 Å². The van der Waals surface area contributed by atoms with Crippen LogP contribution < -0.4 is 4.90 Å². The van der Waals surface area contributed by atoms with E-state index in [1.165, 1.54) is 9.87 Å². The first-order chi connectivity index (χ1) is 13.0. The van der Waals surface area contributed by atoms with Gasteiger partial charge in [0, 0.05) is 43.6 Å². The smallest absolute Gasteiger partial charge is 0.232 e. The Morgan fingerprint density at radius 2 is 1.89 bits per heavy atom. The van der Waals surface area contributed by atoms with Crippen LogP contribution in [0.5, 0.6) is 0 Å². The van der Waals surface area contributed by atoms with E-state index in [2.05, 4.69) is 4.98 Å². The highest BCUT2D eigenvalue weighted by Crippen LogP contribution is 2.38. The van der Waals surface area contributed by atoms with Gasteiger partial charge in [-0.1, -0.05) is 18.2 Å². The summed E-state index contributed by atoms with van der Waals surface area (Å²) in [5.74, 6) is -0.492. The number of para-hydroxylation sites is 1. The van der Waals surface area contributed by atoms with Gasteiger partial charge in [0.15, 0.2) is 0 Å². The van der Waals surface area contributed by atoms with Crippen LogP contribution in [0.3, 0.4) is 0 Å². The van der Waals surface area contributed by atoms with Crippen molar-refractivity contribution in [2.24, 2.45) is 5.92 Å². The maximum Gasteiger partial charge on any atom is 0.232 e. The second kappa shape index (κ2) is 7.05. The third-order valence-electron chi connectivity index (χ3n) is 5.65. The maximum atomic E-state index is 13.4. The molecule has 2 aromatic rings. The standard InChI is InChI=1S/C20H23N3O3S/c1-2-27(25,26)22-13-17(15-7-10-21-11-8-15)18(14-22)20(24)23-12-9-16-5-3-4-6-19(16)23/h3-8,10-11,17-18H,2,9,12-14H2,1H3/t17-,18+/m0/s1. The summed E-state index contributed by atoms with van der Waals surface area (Å²) >= 11 is 0. The third kappa shape index (κ3) is 3.26. The molecule has 0 saturated carbocycles. The van der Waals surface area contributed by atoms with Crippen molar-refractivity contribution in [2.75, 3.05) is 30.3 Å². The van der Waals surface area contributed by atoms with Crippen LogP contribution in [0.15, 0.2) is 48.8 Å². The zero-order valence-electron chi connectivity index (χ0n) is 15.3. The van der Waals surface area contributed by atoms with Crippen LogP contribution in [0.1, 0.15) is 24.0 Å². The number of anilines is 1. The van der Waals surface area contributed by atoms with E-state index in [9.17, 15) is 13.2 Å². The lowest BCUT2D eigenvalue weighted by atomic mass is 9.88. The van der Waals surface area contributed by atoms with Gasteiger partial charge in [-0.05, 0) is 42.7 Å². The lowest BCUT2D eigenvalue weighted by molar-refractivity contribution is -0.122. The summed E-state index contributed by atoms with van der Waals surface area (Å²) in [5, 5.41) is 0. The molecule has 2 atom stereocenters. The number of aromatic nitrogens is 1. The molecule has 1 aromatic carbocycles. The Kier molecular flexibility index (Phi) is 4.74. The van der Waals surface area contributed by atoms with Crippen LogP contribution in [0, 0.1) is 5.92 Å². The lowest BCUT2D eigenvalue weighted by Crippen LogP contribution is -2.38. The highest BCUT2D eigenvalue weighted by atomic mass is 32.2. The molecule has 0 unspecified atom stereocenters. The molecular formula is C20H23N3O3S. The number of rotatable bonds is 4. The number of amides is 1. The number of carbonyl (C=O) groups is 1. The van der Waals surface area contributed by atoms with Crippen molar-refractivity contribution in [3.05, 3.63) is 59.9 Å². The summed E-state index contributed by atoms with van der Waals surface area (Å²) in [7, 11) is -3.34. The molecule has 1 fully saturated rings. The Balaban J connectivity index is 1.67. The molecule has 0 bridgehead atoms. The number of pyridine rings is 1. The molecule has 1 aromatic heterocycles. The minimum atomic E-state index is -3.34. The van der Waals surface area contributed by atoms with Gasteiger partial charge in [0.25, 0.3) is 0 Å². The molecule has 27 heavy (non-hydrogen) atoms. The summed E-state index contributed by atoms with van der Waals surface area (Å²) in [5.41, 5.74) is 3.08. The van der Waals surface area contributed by atoms with Crippen molar-refractivity contribution in [3.8, 4) is 0 Å². The predicted molar refractivity (Wildman–Crippen MR) is 104 cm³/mol. The van der Waals surface area contributed by atoms with Gasteiger partial charge in [0.05, 0.1) is 11.7 Å². The number of fused-ring (bicyclic) bond motifs is 1. The topological polar surface area (TPSA) is 70.6 Å². The van der Waals surface area contributed by atoms with Gasteiger partial charge < -0.3 is 4.90 Å². The summed E-state index contributed by atoms with van der Waals surface area (Å²) in [6.07, 6.45) is 4.23. The molecule has 3 heterocycles. The van der Waals surface area contributed by atoms with E-state index < -0.39 is 10.0 Å². The first-order valence-corrected chi connectivity index (χ1v) is 10.9. The Bertz CT molecular complexity index is 946. The van der Waals surface area contributed by atoms with Crippen LogP contribution in [0.25, 0.3) is 0 Å². The Labute approximate surface area is 159 Å². The summed E-state index contributed by atoms with van der Waals surface area (Å²) < 4.78 is 26.4. The number of carbonyl (C=O) groups excluding carboxylic acids is 1. The number of sulfonamides is 1. The van der Waals surface area contributed by atoms with Crippen molar-refractivity contribution in [1.29, 1.82) is 0 Å². The molecule has 1 saturated heterocycles. The monoisotopic (exact) mass is 385 g/mol. The van der Waals surface area contributed by atoms with Crippen LogP contribution in [-0.2, 0) is 21.2 Å². The molecule has 7 heteroatoms. The van der Waals surface area contributed by atoms with E-state index in [1.807, 2.05) is 41.3 Å². The lowest BCUT2D eigenvalue weighted by Gasteiger charge is -2.25. The van der Waals surface area contributed by atoms with E-state index in [0.29, 0.717) is 13.1 Å². The van der Waals surface area contributed by atoms with E-state index >= 15 is 0 Å². The van der Waals surface area contributed by atoms with Gasteiger partial charge in [-0.2, -0.15) is 0 Å². The molecule has 0 N–H and O–H groups in total. The zero-order valence-corrected chi connectivity index (χ0v) is 16.1. The molecular weight excluding hydrogens is 362 g/mol. The Hall–Kier alpha value is -2.25. The van der Waals surface area contributed by atoms with Crippen molar-refractivity contribution in [2.45, 2.75) is 19.3 Å². The second-order valence-electron chi connectivity index (χ2n) is 7.08. The third-order valence-corrected chi connectivity index (χ3v) is 7.46. The molecule has 2 aliphatic rings. The summed E-state index contributed by atoms with van der Waals surface area (Å²) in [4.78, 5) is 19.3. The fraction of sp³-hybridized carbons (Fsp3) is 0.400. The molecule has 0 radical (unpaired) electrons. The van der Waals surface area contributed by atoms with E-state index in [1.54, 1.807) is 19.3 Å². The summed E-state index contributed by atoms with van der Waals surface area (Å²) in [6.45, 7) is 2.87. The molecule has 142 valence electrons. The number of hydrogen-bond acceptors (Lipinski definition) is 4. The van der Waals surface area contributed by atoms with Gasteiger partial charge in [-0.15, -0.1) is 0 Å². The quantitative estimate of drug-likeness (QED) is 0.808. The Morgan fingerprint density at radius 1 is 1.15 bits per heavy atom. The second-order valence-corrected chi connectivity index (χ2v) is 9.34. The molecule has 0 aliphatic carbocycles. The first kappa shape index (κ1) is 18.1. The number of benzene rings is 1. The van der Waals surface area contributed by atoms with Crippen LogP contribution in [0.2, 0.25) is 0 Å². The minimum Gasteiger partial charge on any atom is -0.312 e. The van der Waals surface area contributed by atoms with Gasteiger partial charge >= 0.3 is 0 Å². The molecule has 6 nitrogen and oxygen atoms in total. The average molecular weight is 385 g/mol. The fourth-order valence-electron chi connectivity index (χ4n) is 4.14. The molecule has 0 spiro atoms. The Morgan fingerprint density at radius 3 is 2.63 bits per heavy atom. The van der Waals surface area contributed by atoms with Crippen molar-refractivity contribution >= 4 is 21.6 Å². The van der Waals surface area contributed by atoms with Crippen molar-refractivity contribution in [3.63, 3.8) is 0 Å². The summed E-state index contributed by atoms with van der Waals surface area (Å²) in [6, 6.07) is 11.7. The van der Waals surface area contributed by atoms with E-state index in [4.69, 9.17) is 0 Å². The van der Waals surface area contributed by atoms with Gasteiger partial charge in [0.1, 0.15) is 0 Å². The van der Waals surface area contributed by atoms with Gasteiger partial charge in [-0.3, -0.25) is 9.78 Å². The SMILES string of the molecule is CCS(=O)(=O)N1C[C@@H](C(=O)N2CCc3ccccc32)[C@H](c2ccncc2)C1. The predicted octanol–water partition coefficient (Wildman–Crippen LogP) is 2.04. The van der Waals surface area contributed by atoms with Crippen molar-refractivity contribution < 1.29 is 13.2 Å². The first-order valence-electron chi connectivity index (χ1n) is 9.28. The molecule has 4 rings (SSSR count). The van der Waals surface area contributed by atoms with Gasteiger partial charge in [0.2, 0.25) is 15.9 Å². The van der Waals surface area contributed by atoms with Crippen LogP contribution >= 0.6 is 0 Å². The van der Waals surface area contributed by atoms with Crippen molar-refractivity contribution in [1.82, 2.24) is 9.29 Å². The van der Waals surface area contributed by atoms with Gasteiger partial charge in [-0.25, -0.2) is 12.7 Å². The van der Waals surface area contributed by atoms with Crippen LogP contribution in [0.4, 0.5) is 5.69 Å². The van der Waals surface area contributed by atoms with Crippen LogP contribution in [-0.4, -0.2) is 49.0 Å². The molecule has 2 aliphatic heterocycles. The highest BCUT2D eigenvalue weighted by Gasteiger charge is 2.44. The van der Waals surface area contributed by atoms with E-state index in [-0.39, 0.29) is 30.0 Å². The minimum absolute atomic E-state index is 0.00978. The fourth-order valence-corrected chi connectivity index (χ4v) is 5.28. The average Bonchev–Trinajstić information content (AvgIpc) is 3.33.